The summed E-state index contributed by atoms with van der Waals surface area (Å²) >= 11 is 1.67. The van der Waals surface area contributed by atoms with Crippen LogP contribution in [0.1, 0.15) is 17.7 Å². The van der Waals surface area contributed by atoms with Crippen molar-refractivity contribution in [1.82, 2.24) is 9.80 Å². The average Bonchev–Trinajstić information content (AvgIpc) is 3.72. The molecule has 2 aromatic rings. The van der Waals surface area contributed by atoms with Crippen LogP contribution in [0.5, 0.6) is 11.5 Å². The van der Waals surface area contributed by atoms with Gasteiger partial charge in [0, 0.05) is 56.0 Å². The van der Waals surface area contributed by atoms with E-state index < -0.39 is 23.9 Å². The summed E-state index contributed by atoms with van der Waals surface area (Å²) in [7, 11) is 0. The molecule has 1 unspecified atom stereocenters. The number of carbonyl (C=O) groups excluding carboxylic acids is 1. The number of benzene rings is 1. The first-order valence-corrected chi connectivity index (χ1v) is 14.6. The Kier molecular flexibility index (Phi) is 13.3. The Balaban J connectivity index is 0.000000375. The number of piperazine rings is 1. The molecule has 0 radical (unpaired) electrons. The van der Waals surface area contributed by atoms with Crippen molar-refractivity contribution in [2.24, 2.45) is 0 Å². The summed E-state index contributed by atoms with van der Waals surface area (Å²) in [5, 5.41) is 31.6. The number of carboxylic acid groups (broad SMARTS) is 4. The molecule has 1 aromatic carbocycles. The fourth-order valence-electron chi connectivity index (χ4n) is 4.56. The van der Waals surface area contributed by atoms with Crippen LogP contribution in [0.25, 0.3) is 0 Å². The van der Waals surface area contributed by atoms with Crippen molar-refractivity contribution >= 4 is 46.8 Å². The third-order valence-corrected chi connectivity index (χ3v) is 7.57. The SMILES string of the molecule is O=C(CN1CCN(CC2CCCO2)CC1)N(Cc1cccs1)c1ccc2c(c1)OCCO2.O=C(O)C(=O)O.O=C(O)C(=O)O. The van der Waals surface area contributed by atoms with Gasteiger partial charge in [-0.15, -0.1) is 11.3 Å². The van der Waals surface area contributed by atoms with Crippen LogP contribution < -0.4 is 14.4 Å². The smallest absolute Gasteiger partial charge is 0.414 e. The highest BCUT2D eigenvalue weighted by molar-refractivity contribution is 7.09. The number of aliphatic carboxylic acids is 4. The lowest BCUT2D eigenvalue weighted by atomic mass is 10.2. The monoisotopic (exact) mass is 637 g/mol. The van der Waals surface area contributed by atoms with Crippen molar-refractivity contribution in [3.8, 4) is 11.5 Å². The Morgan fingerprint density at radius 3 is 1.98 bits per heavy atom. The first kappa shape index (κ1) is 34.2. The number of hydrogen-bond acceptors (Lipinski definition) is 11. The Hall–Kier alpha value is -4.25. The number of thiophene rings is 1. The van der Waals surface area contributed by atoms with Crippen molar-refractivity contribution in [3.05, 3.63) is 40.6 Å². The molecule has 0 spiro atoms. The second-order valence-electron chi connectivity index (χ2n) is 9.82. The van der Waals surface area contributed by atoms with Gasteiger partial charge in [0.25, 0.3) is 0 Å². The van der Waals surface area contributed by atoms with Crippen LogP contribution in [-0.4, -0.2) is 125 Å². The second-order valence-corrected chi connectivity index (χ2v) is 10.9. The van der Waals surface area contributed by atoms with Crippen LogP contribution in [0, 0.1) is 0 Å². The lowest BCUT2D eigenvalue weighted by Crippen LogP contribution is -2.51. The molecule has 0 aliphatic carbocycles. The highest BCUT2D eigenvalue weighted by atomic mass is 32.1. The molecule has 5 rings (SSSR count). The van der Waals surface area contributed by atoms with E-state index in [0.29, 0.717) is 38.2 Å². The van der Waals surface area contributed by atoms with Crippen LogP contribution in [0.4, 0.5) is 5.69 Å². The number of ether oxygens (including phenoxy) is 3. The van der Waals surface area contributed by atoms with Crippen molar-refractivity contribution in [2.45, 2.75) is 25.5 Å². The van der Waals surface area contributed by atoms with Gasteiger partial charge in [-0.2, -0.15) is 0 Å². The zero-order valence-electron chi connectivity index (χ0n) is 23.8. The summed E-state index contributed by atoms with van der Waals surface area (Å²) < 4.78 is 17.2. The molecule has 4 N–H and O–H groups in total. The molecule has 44 heavy (non-hydrogen) atoms. The number of nitrogens with zero attached hydrogens (tertiary/aromatic N) is 3. The predicted molar refractivity (Wildman–Crippen MR) is 155 cm³/mol. The van der Waals surface area contributed by atoms with Gasteiger partial charge in [-0.25, -0.2) is 19.2 Å². The lowest BCUT2D eigenvalue weighted by molar-refractivity contribution is -0.159. The number of fused-ring (bicyclic) bond motifs is 1. The van der Waals surface area contributed by atoms with Gasteiger partial charge in [0.1, 0.15) is 13.2 Å². The van der Waals surface area contributed by atoms with E-state index >= 15 is 0 Å². The molecule has 0 bridgehead atoms. The number of carboxylic acids is 4. The minimum absolute atomic E-state index is 0.114. The Labute approximate surface area is 256 Å². The summed E-state index contributed by atoms with van der Waals surface area (Å²) in [6.45, 7) is 7.79. The number of rotatable bonds is 7. The largest absolute Gasteiger partial charge is 0.486 e. The van der Waals surface area contributed by atoms with Gasteiger partial charge >= 0.3 is 23.9 Å². The van der Waals surface area contributed by atoms with Crippen LogP contribution in [0.2, 0.25) is 0 Å². The summed E-state index contributed by atoms with van der Waals surface area (Å²) in [6.07, 6.45) is 2.74. The van der Waals surface area contributed by atoms with E-state index in [9.17, 15) is 4.79 Å². The lowest BCUT2D eigenvalue weighted by Gasteiger charge is -2.36. The molecule has 15 nitrogen and oxygen atoms in total. The van der Waals surface area contributed by atoms with E-state index in [1.165, 1.54) is 12.8 Å². The zero-order valence-corrected chi connectivity index (χ0v) is 24.6. The quantitative estimate of drug-likeness (QED) is 0.315. The minimum atomic E-state index is -1.82. The summed E-state index contributed by atoms with van der Waals surface area (Å²) in [5.41, 5.74) is 0.852. The zero-order chi connectivity index (χ0) is 32.1. The van der Waals surface area contributed by atoms with Crippen LogP contribution >= 0.6 is 11.3 Å². The van der Waals surface area contributed by atoms with Gasteiger partial charge < -0.3 is 39.5 Å². The highest BCUT2D eigenvalue weighted by Crippen LogP contribution is 2.35. The summed E-state index contributed by atoms with van der Waals surface area (Å²) in [5.74, 6) is -5.73. The molecule has 3 aliphatic heterocycles. The first-order valence-electron chi connectivity index (χ1n) is 13.7. The van der Waals surface area contributed by atoms with Gasteiger partial charge in [-0.1, -0.05) is 6.07 Å². The molecule has 4 heterocycles. The van der Waals surface area contributed by atoms with E-state index in [2.05, 4.69) is 21.2 Å². The van der Waals surface area contributed by atoms with Gasteiger partial charge in [-0.05, 0) is 36.4 Å². The van der Waals surface area contributed by atoms with E-state index in [0.717, 1.165) is 55.6 Å². The third-order valence-electron chi connectivity index (χ3n) is 6.71. The Morgan fingerprint density at radius 1 is 0.818 bits per heavy atom. The minimum Gasteiger partial charge on any atom is -0.486 e. The van der Waals surface area contributed by atoms with Gasteiger partial charge in [0.05, 0.1) is 19.2 Å². The maximum absolute atomic E-state index is 13.4. The molecule has 1 aromatic heterocycles. The van der Waals surface area contributed by atoms with E-state index in [1.54, 1.807) is 11.3 Å². The van der Waals surface area contributed by atoms with E-state index in [4.69, 9.17) is 53.8 Å². The van der Waals surface area contributed by atoms with Crippen LogP contribution in [0.3, 0.4) is 0 Å². The molecular weight excluding hydrogens is 602 g/mol. The number of hydrogen-bond donors (Lipinski definition) is 4. The standard InChI is InChI=1S/C24H31N3O4S.2C2H2O4/c28-24(18-26-9-7-25(8-10-26)16-20-3-1-11-29-20)27(17-21-4-2-14-32-21)19-5-6-22-23(15-19)31-13-12-30-22;2*3-1(4)2(5)6/h2,4-6,14-15,20H,1,3,7-13,16-18H2;2*(H,3,4)(H,5,6). The topological polar surface area (TPSA) is 204 Å². The number of carbonyl (C=O) groups is 5. The van der Waals surface area contributed by atoms with Crippen molar-refractivity contribution in [3.63, 3.8) is 0 Å². The molecule has 1 atom stereocenters. The molecule has 240 valence electrons. The van der Waals surface area contributed by atoms with Crippen molar-refractivity contribution in [1.29, 1.82) is 0 Å². The summed E-state index contributed by atoms with van der Waals surface area (Å²) in [6, 6.07) is 9.90. The highest BCUT2D eigenvalue weighted by Gasteiger charge is 2.26. The second kappa shape index (κ2) is 17.1. The first-order chi connectivity index (χ1) is 21.0. The molecule has 2 fully saturated rings. The molecule has 16 heteroatoms. The fraction of sp³-hybridized carbons (Fsp3) is 0.464. The average molecular weight is 638 g/mol. The Morgan fingerprint density at radius 2 is 1.43 bits per heavy atom. The van der Waals surface area contributed by atoms with Crippen molar-refractivity contribution in [2.75, 3.05) is 64.0 Å². The van der Waals surface area contributed by atoms with Gasteiger partial charge in [0.2, 0.25) is 5.91 Å². The van der Waals surface area contributed by atoms with Crippen molar-refractivity contribution < 1.29 is 58.6 Å². The van der Waals surface area contributed by atoms with E-state index in [1.807, 2.05) is 29.2 Å². The third kappa shape index (κ3) is 11.1. The predicted octanol–water partition coefficient (Wildman–Crippen LogP) is 1.16. The normalized spacial score (nSPS) is 17.7. The number of amides is 1. The molecular formula is C28H35N3O12S. The van der Waals surface area contributed by atoms with Crippen LogP contribution in [-0.2, 0) is 35.3 Å². The van der Waals surface area contributed by atoms with Crippen LogP contribution in [0.15, 0.2) is 35.7 Å². The van der Waals surface area contributed by atoms with Gasteiger partial charge in [-0.3, -0.25) is 14.6 Å². The molecule has 2 saturated heterocycles. The molecule has 3 aliphatic rings. The Bertz CT molecular complexity index is 1230. The molecule has 0 saturated carbocycles. The molecule has 1 amide bonds. The number of anilines is 1. The summed E-state index contributed by atoms with van der Waals surface area (Å²) in [4.78, 5) is 57.6. The maximum Gasteiger partial charge on any atom is 0.414 e. The fourth-order valence-corrected chi connectivity index (χ4v) is 5.26. The van der Waals surface area contributed by atoms with E-state index in [-0.39, 0.29) is 5.91 Å². The maximum atomic E-state index is 13.4. The van der Waals surface area contributed by atoms with Gasteiger partial charge in [0.15, 0.2) is 11.5 Å².